The van der Waals surface area contributed by atoms with Gasteiger partial charge in [-0.2, -0.15) is 0 Å². The van der Waals surface area contributed by atoms with Crippen LogP contribution in [0.1, 0.15) is 45.3 Å². The highest BCUT2D eigenvalue weighted by molar-refractivity contribution is 5.67. The highest BCUT2D eigenvalue weighted by Crippen LogP contribution is 2.15. The summed E-state index contributed by atoms with van der Waals surface area (Å²) < 4.78 is 7.04. The lowest BCUT2D eigenvalue weighted by atomic mass is 10.1. The number of carbonyl (C=O) groups excluding carboxylic acids is 1. The minimum atomic E-state index is -0.491. The van der Waals surface area contributed by atoms with E-state index in [0.717, 1.165) is 31.6 Å². The Hall–Kier alpha value is -1.63. The molecule has 7 nitrogen and oxygen atoms in total. The standard InChI is InChI=1S/C13H23N5O2/c1-13(2,3)20-12(19)15-7-10-9-18(17-16-10)11-5-4-6-14-8-11/h9,11,14H,4-8H2,1-3H3,(H,15,19)/t11-/m1/s1. The van der Waals surface area contributed by atoms with Gasteiger partial charge in [0.1, 0.15) is 11.3 Å². The van der Waals surface area contributed by atoms with E-state index in [4.69, 9.17) is 4.74 Å². The lowest BCUT2D eigenvalue weighted by Crippen LogP contribution is -2.32. The van der Waals surface area contributed by atoms with Crippen LogP contribution < -0.4 is 10.6 Å². The van der Waals surface area contributed by atoms with Crippen molar-refractivity contribution in [3.8, 4) is 0 Å². The number of hydrogen-bond donors (Lipinski definition) is 2. The van der Waals surface area contributed by atoms with Crippen LogP contribution in [0.2, 0.25) is 0 Å². The summed E-state index contributed by atoms with van der Waals surface area (Å²) in [5.41, 5.74) is 0.247. The molecule has 1 fully saturated rings. The van der Waals surface area contributed by atoms with Crippen molar-refractivity contribution in [1.29, 1.82) is 0 Å². The van der Waals surface area contributed by atoms with Gasteiger partial charge in [0, 0.05) is 6.54 Å². The summed E-state index contributed by atoms with van der Waals surface area (Å²) >= 11 is 0. The molecule has 7 heteroatoms. The van der Waals surface area contributed by atoms with Gasteiger partial charge >= 0.3 is 6.09 Å². The third-order valence-electron chi connectivity index (χ3n) is 3.02. The fraction of sp³-hybridized carbons (Fsp3) is 0.769. The molecule has 20 heavy (non-hydrogen) atoms. The van der Waals surface area contributed by atoms with Gasteiger partial charge in [-0.25, -0.2) is 9.48 Å². The SMILES string of the molecule is CC(C)(C)OC(=O)NCc1cn([C@@H]2CCCNC2)nn1. The Labute approximate surface area is 119 Å². The van der Waals surface area contributed by atoms with Crippen molar-refractivity contribution < 1.29 is 9.53 Å². The van der Waals surface area contributed by atoms with E-state index in [1.54, 1.807) is 0 Å². The van der Waals surface area contributed by atoms with Gasteiger partial charge in [0.15, 0.2) is 0 Å². The average Bonchev–Trinajstić information content (AvgIpc) is 2.84. The largest absolute Gasteiger partial charge is 0.444 e. The summed E-state index contributed by atoms with van der Waals surface area (Å²) in [6, 6.07) is 0.353. The lowest BCUT2D eigenvalue weighted by Gasteiger charge is -2.22. The topological polar surface area (TPSA) is 81.1 Å². The molecular formula is C13H23N5O2. The molecule has 1 amide bonds. The number of ether oxygens (including phenoxy) is 1. The maximum absolute atomic E-state index is 11.5. The summed E-state index contributed by atoms with van der Waals surface area (Å²) in [6.07, 6.45) is 3.70. The van der Waals surface area contributed by atoms with Gasteiger partial charge in [-0.3, -0.25) is 0 Å². The van der Waals surface area contributed by atoms with Gasteiger partial charge in [0.2, 0.25) is 0 Å². The van der Waals surface area contributed by atoms with Crippen LogP contribution in [-0.4, -0.2) is 39.8 Å². The molecule has 0 radical (unpaired) electrons. The predicted molar refractivity (Wildman–Crippen MR) is 74.2 cm³/mol. The molecule has 1 aromatic rings. The van der Waals surface area contributed by atoms with Crippen molar-refractivity contribution in [2.24, 2.45) is 0 Å². The first-order valence-electron chi connectivity index (χ1n) is 7.02. The molecule has 0 saturated carbocycles. The molecule has 1 aliphatic rings. The fourth-order valence-electron chi connectivity index (χ4n) is 2.11. The summed E-state index contributed by atoms with van der Waals surface area (Å²) in [4.78, 5) is 11.5. The van der Waals surface area contributed by atoms with Gasteiger partial charge in [-0.1, -0.05) is 5.21 Å². The van der Waals surface area contributed by atoms with Crippen LogP contribution in [0.5, 0.6) is 0 Å². The summed E-state index contributed by atoms with van der Waals surface area (Å²) in [5.74, 6) is 0. The van der Waals surface area contributed by atoms with Crippen LogP contribution in [0.4, 0.5) is 4.79 Å². The van der Waals surface area contributed by atoms with Crippen LogP contribution in [-0.2, 0) is 11.3 Å². The van der Waals surface area contributed by atoms with Crippen molar-refractivity contribution in [2.75, 3.05) is 13.1 Å². The molecule has 0 bridgehead atoms. The summed E-state index contributed by atoms with van der Waals surface area (Å²) in [7, 11) is 0. The maximum Gasteiger partial charge on any atom is 0.407 e. The Bertz CT molecular complexity index is 446. The van der Waals surface area contributed by atoms with Gasteiger partial charge in [-0.05, 0) is 40.2 Å². The average molecular weight is 281 g/mol. The van der Waals surface area contributed by atoms with Gasteiger partial charge < -0.3 is 15.4 Å². The Morgan fingerprint density at radius 3 is 3.05 bits per heavy atom. The molecule has 2 rings (SSSR count). The molecule has 1 aromatic heterocycles. The maximum atomic E-state index is 11.5. The zero-order valence-electron chi connectivity index (χ0n) is 12.3. The third-order valence-corrected chi connectivity index (χ3v) is 3.02. The number of rotatable bonds is 3. The second-order valence-electron chi connectivity index (χ2n) is 6.05. The van der Waals surface area contributed by atoms with Gasteiger partial charge in [0.05, 0.1) is 18.8 Å². The highest BCUT2D eigenvalue weighted by Gasteiger charge is 2.18. The Balaban J connectivity index is 1.82. The molecule has 1 atom stereocenters. The lowest BCUT2D eigenvalue weighted by molar-refractivity contribution is 0.0523. The number of nitrogens with one attached hydrogen (secondary N) is 2. The first kappa shape index (κ1) is 14.8. The van der Waals surface area contributed by atoms with E-state index in [2.05, 4.69) is 20.9 Å². The number of hydrogen-bond acceptors (Lipinski definition) is 5. The molecule has 0 aliphatic carbocycles. The number of carbonyl (C=O) groups is 1. The van der Waals surface area contributed by atoms with Crippen LogP contribution in [0.3, 0.4) is 0 Å². The van der Waals surface area contributed by atoms with Crippen LogP contribution in [0.25, 0.3) is 0 Å². The first-order valence-corrected chi connectivity index (χ1v) is 7.02. The quantitative estimate of drug-likeness (QED) is 0.871. The monoisotopic (exact) mass is 281 g/mol. The van der Waals surface area contributed by atoms with E-state index in [1.165, 1.54) is 0 Å². The molecule has 0 spiro atoms. The Kier molecular flexibility index (Phi) is 4.59. The molecule has 1 aliphatic heterocycles. The van der Waals surface area contributed by atoms with E-state index < -0.39 is 11.7 Å². The van der Waals surface area contributed by atoms with E-state index in [-0.39, 0.29) is 0 Å². The van der Waals surface area contributed by atoms with Crippen molar-refractivity contribution >= 4 is 6.09 Å². The summed E-state index contributed by atoms with van der Waals surface area (Å²) in [5, 5.41) is 14.2. The van der Waals surface area contributed by atoms with E-state index in [1.807, 2.05) is 31.6 Å². The molecule has 0 aromatic carbocycles. The zero-order chi connectivity index (χ0) is 14.6. The van der Waals surface area contributed by atoms with E-state index >= 15 is 0 Å². The molecular weight excluding hydrogens is 258 g/mol. The molecule has 1 saturated heterocycles. The first-order chi connectivity index (χ1) is 9.44. The normalized spacial score (nSPS) is 19.6. The van der Waals surface area contributed by atoms with Crippen molar-refractivity contribution in [1.82, 2.24) is 25.6 Å². The van der Waals surface area contributed by atoms with Gasteiger partial charge in [-0.15, -0.1) is 5.10 Å². The smallest absolute Gasteiger partial charge is 0.407 e. The molecule has 0 unspecified atom stereocenters. The fourth-order valence-corrected chi connectivity index (χ4v) is 2.11. The second kappa shape index (κ2) is 6.21. The van der Waals surface area contributed by atoms with E-state index in [9.17, 15) is 4.79 Å². The number of piperidine rings is 1. The van der Waals surface area contributed by atoms with Crippen molar-refractivity contribution in [2.45, 2.75) is 51.8 Å². The number of nitrogens with zero attached hydrogens (tertiary/aromatic N) is 3. The number of aromatic nitrogens is 3. The number of alkyl carbamates (subject to hydrolysis) is 1. The van der Waals surface area contributed by atoms with Crippen LogP contribution in [0.15, 0.2) is 6.20 Å². The second-order valence-corrected chi connectivity index (χ2v) is 6.05. The Morgan fingerprint density at radius 2 is 2.40 bits per heavy atom. The predicted octanol–water partition coefficient (Wildman–Crippen LogP) is 1.23. The van der Waals surface area contributed by atoms with Crippen LogP contribution in [0, 0.1) is 0 Å². The van der Waals surface area contributed by atoms with Crippen molar-refractivity contribution in [3.05, 3.63) is 11.9 Å². The molecule has 2 N–H and O–H groups in total. The van der Waals surface area contributed by atoms with E-state index in [0.29, 0.717) is 12.6 Å². The summed E-state index contributed by atoms with van der Waals surface area (Å²) in [6.45, 7) is 7.81. The van der Waals surface area contributed by atoms with Crippen LogP contribution >= 0.6 is 0 Å². The minimum absolute atomic E-state index is 0.328. The van der Waals surface area contributed by atoms with Crippen molar-refractivity contribution in [3.63, 3.8) is 0 Å². The molecule has 112 valence electrons. The highest BCUT2D eigenvalue weighted by atomic mass is 16.6. The van der Waals surface area contributed by atoms with Gasteiger partial charge in [0.25, 0.3) is 0 Å². The minimum Gasteiger partial charge on any atom is -0.444 e. The Morgan fingerprint density at radius 1 is 1.60 bits per heavy atom. The third kappa shape index (κ3) is 4.48. The zero-order valence-corrected chi connectivity index (χ0v) is 12.3. The molecule has 2 heterocycles. The number of amides is 1.